The summed E-state index contributed by atoms with van der Waals surface area (Å²) in [4.78, 5) is 25.2. The molecule has 9 heteroatoms. The average molecular weight is 460 g/mol. The number of carbonyl (C=O) groups is 1. The Morgan fingerprint density at radius 2 is 1.77 bits per heavy atom. The number of thiazole rings is 1. The molecule has 0 aliphatic carbocycles. The molecule has 1 aliphatic heterocycles. The van der Waals surface area contributed by atoms with Gasteiger partial charge in [0.15, 0.2) is 0 Å². The summed E-state index contributed by atoms with van der Waals surface area (Å²) in [6, 6.07) is 13.9. The lowest BCUT2D eigenvalue weighted by Gasteiger charge is -2.30. The van der Waals surface area contributed by atoms with Crippen molar-refractivity contribution in [3.05, 3.63) is 58.2 Å². The summed E-state index contributed by atoms with van der Waals surface area (Å²) in [6.45, 7) is 4.56. The van der Waals surface area contributed by atoms with E-state index in [4.69, 9.17) is 0 Å². The third-order valence-corrected chi connectivity index (χ3v) is 8.43. The van der Waals surface area contributed by atoms with Gasteiger partial charge in [0.2, 0.25) is 15.9 Å². The Balaban J connectivity index is 1.42. The summed E-state index contributed by atoms with van der Waals surface area (Å²) < 4.78 is 29.5. The van der Waals surface area contributed by atoms with Crippen LogP contribution in [-0.4, -0.2) is 36.3 Å². The second kappa shape index (κ2) is 8.57. The van der Waals surface area contributed by atoms with Crippen molar-refractivity contribution >= 4 is 43.2 Å². The van der Waals surface area contributed by atoms with Gasteiger partial charge in [0.05, 0.1) is 15.1 Å². The smallest absolute Gasteiger partial charge is 0.308 e. The van der Waals surface area contributed by atoms with Gasteiger partial charge in [-0.25, -0.2) is 8.42 Å². The maximum absolute atomic E-state index is 12.8. The molecule has 164 valence electrons. The highest BCUT2D eigenvalue weighted by Gasteiger charge is 2.32. The van der Waals surface area contributed by atoms with Crippen LogP contribution < -0.4 is 10.2 Å². The Hall–Kier alpha value is -2.49. The van der Waals surface area contributed by atoms with Crippen LogP contribution in [0.1, 0.15) is 32.7 Å². The number of nitrogens with zero attached hydrogens (tertiary/aromatic N) is 2. The number of benzene rings is 2. The molecule has 0 radical (unpaired) electrons. The molecule has 1 aromatic heterocycles. The van der Waals surface area contributed by atoms with Crippen molar-refractivity contribution < 1.29 is 13.2 Å². The number of amides is 1. The SMILES string of the molecule is CC(C)n1c(=O)sc2cc(NC(=O)C3CCN(S(=O)(=O)c4ccccc4)CC3)ccc21. The largest absolute Gasteiger partial charge is 0.326 e. The number of aromatic nitrogens is 1. The van der Waals surface area contributed by atoms with E-state index in [9.17, 15) is 18.0 Å². The maximum Gasteiger partial charge on any atom is 0.308 e. The standard InChI is InChI=1S/C22H25N3O4S2/c1-15(2)25-19-9-8-17(14-20(19)30-22(25)27)23-21(26)16-10-12-24(13-11-16)31(28,29)18-6-4-3-5-7-18/h3-9,14-16H,10-13H2,1-2H3,(H,23,26). The second-order valence-electron chi connectivity index (χ2n) is 7.99. The van der Waals surface area contributed by atoms with Crippen molar-refractivity contribution in [2.45, 2.75) is 37.6 Å². The molecule has 2 heterocycles. The van der Waals surface area contributed by atoms with Gasteiger partial charge in [-0.1, -0.05) is 29.5 Å². The fourth-order valence-electron chi connectivity index (χ4n) is 3.95. The molecule has 1 aliphatic rings. The van der Waals surface area contributed by atoms with Crippen LogP contribution in [0.4, 0.5) is 5.69 Å². The molecule has 3 aromatic rings. The van der Waals surface area contributed by atoms with E-state index < -0.39 is 10.0 Å². The Morgan fingerprint density at radius 1 is 1.10 bits per heavy atom. The van der Waals surface area contributed by atoms with E-state index in [0.29, 0.717) is 31.6 Å². The van der Waals surface area contributed by atoms with Crippen molar-refractivity contribution in [2.75, 3.05) is 18.4 Å². The molecule has 1 fully saturated rings. The molecule has 2 aromatic carbocycles. The van der Waals surface area contributed by atoms with Crippen LogP contribution in [0.3, 0.4) is 0 Å². The Morgan fingerprint density at radius 3 is 2.42 bits per heavy atom. The number of hydrogen-bond donors (Lipinski definition) is 1. The zero-order chi connectivity index (χ0) is 22.2. The van der Waals surface area contributed by atoms with Crippen LogP contribution in [0, 0.1) is 5.92 Å². The summed E-state index contributed by atoms with van der Waals surface area (Å²) in [7, 11) is -3.53. The highest BCUT2D eigenvalue weighted by Crippen LogP contribution is 2.27. The molecular weight excluding hydrogens is 434 g/mol. The lowest BCUT2D eigenvalue weighted by atomic mass is 9.97. The second-order valence-corrected chi connectivity index (χ2v) is 10.9. The predicted molar refractivity (Wildman–Crippen MR) is 123 cm³/mol. The number of piperidine rings is 1. The molecule has 0 unspecified atom stereocenters. The molecule has 1 amide bonds. The number of fused-ring (bicyclic) bond motifs is 1. The molecule has 31 heavy (non-hydrogen) atoms. The fourth-order valence-corrected chi connectivity index (χ4v) is 6.49. The summed E-state index contributed by atoms with van der Waals surface area (Å²) in [5.41, 5.74) is 1.51. The van der Waals surface area contributed by atoms with E-state index in [1.54, 1.807) is 41.0 Å². The minimum atomic E-state index is -3.53. The molecule has 0 atom stereocenters. The lowest BCUT2D eigenvalue weighted by Crippen LogP contribution is -2.41. The number of carbonyl (C=O) groups excluding carboxylic acids is 1. The van der Waals surface area contributed by atoms with Crippen LogP contribution in [-0.2, 0) is 14.8 Å². The average Bonchev–Trinajstić information content (AvgIpc) is 3.09. The van der Waals surface area contributed by atoms with Gasteiger partial charge < -0.3 is 5.32 Å². The van der Waals surface area contributed by atoms with Crippen molar-refractivity contribution in [3.63, 3.8) is 0 Å². The molecule has 1 saturated heterocycles. The Labute approximate surface area is 185 Å². The molecule has 1 N–H and O–H groups in total. The molecule has 7 nitrogen and oxygen atoms in total. The lowest BCUT2D eigenvalue weighted by molar-refractivity contribution is -0.120. The van der Waals surface area contributed by atoms with Gasteiger partial charge in [-0.05, 0) is 57.0 Å². The van der Waals surface area contributed by atoms with Crippen molar-refractivity contribution in [1.29, 1.82) is 0 Å². The van der Waals surface area contributed by atoms with Crippen LogP contribution in [0.2, 0.25) is 0 Å². The first-order valence-electron chi connectivity index (χ1n) is 10.3. The maximum atomic E-state index is 12.8. The van der Waals surface area contributed by atoms with Crippen LogP contribution in [0.5, 0.6) is 0 Å². The predicted octanol–water partition coefficient (Wildman–Crippen LogP) is 3.68. The van der Waals surface area contributed by atoms with Gasteiger partial charge in [-0.2, -0.15) is 4.31 Å². The number of hydrogen-bond acceptors (Lipinski definition) is 5. The topological polar surface area (TPSA) is 88.5 Å². The number of sulfonamides is 1. The van der Waals surface area contributed by atoms with Gasteiger partial charge in [0, 0.05) is 30.7 Å². The summed E-state index contributed by atoms with van der Waals surface area (Å²) in [6.07, 6.45) is 0.939. The summed E-state index contributed by atoms with van der Waals surface area (Å²) in [5, 5.41) is 2.94. The van der Waals surface area contributed by atoms with Crippen LogP contribution in [0.15, 0.2) is 58.2 Å². The van der Waals surface area contributed by atoms with Gasteiger partial charge in [0.25, 0.3) is 0 Å². The van der Waals surface area contributed by atoms with Gasteiger partial charge in [0.1, 0.15) is 0 Å². The van der Waals surface area contributed by atoms with E-state index >= 15 is 0 Å². The first kappa shape index (κ1) is 21.7. The quantitative estimate of drug-likeness (QED) is 0.630. The van der Waals surface area contributed by atoms with E-state index in [1.807, 2.05) is 26.0 Å². The van der Waals surface area contributed by atoms with Crippen LogP contribution in [0.25, 0.3) is 10.2 Å². The number of nitrogens with one attached hydrogen (secondary N) is 1. The van der Waals surface area contributed by atoms with Gasteiger partial charge in [-0.3, -0.25) is 14.2 Å². The highest BCUT2D eigenvalue weighted by molar-refractivity contribution is 7.89. The van der Waals surface area contributed by atoms with E-state index in [1.165, 1.54) is 15.6 Å². The third-order valence-electron chi connectivity index (χ3n) is 5.60. The van der Waals surface area contributed by atoms with E-state index in [-0.39, 0.29) is 27.6 Å². The molecule has 0 bridgehead atoms. The zero-order valence-corrected chi connectivity index (χ0v) is 19.1. The minimum Gasteiger partial charge on any atom is -0.326 e. The van der Waals surface area contributed by atoms with E-state index in [0.717, 1.165) is 10.2 Å². The monoisotopic (exact) mass is 459 g/mol. The van der Waals surface area contributed by atoms with Gasteiger partial charge in [-0.15, -0.1) is 0 Å². The normalized spacial score (nSPS) is 16.1. The highest BCUT2D eigenvalue weighted by atomic mass is 32.2. The van der Waals surface area contributed by atoms with Gasteiger partial charge >= 0.3 is 4.87 Å². The molecular formula is C22H25N3O4S2. The molecule has 4 rings (SSSR count). The Kier molecular flexibility index (Phi) is 6.00. The van der Waals surface area contributed by atoms with Crippen molar-refractivity contribution in [3.8, 4) is 0 Å². The first-order valence-corrected chi connectivity index (χ1v) is 12.5. The number of rotatable bonds is 5. The summed E-state index contributed by atoms with van der Waals surface area (Å²) >= 11 is 1.17. The third kappa shape index (κ3) is 4.30. The number of anilines is 1. The zero-order valence-electron chi connectivity index (χ0n) is 17.4. The summed E-state index contributed by atoms with van der Waals surface area (Å²) in [5.74, 6) is -0.372. The van der Waals surface area contributed by atoms with E-state index in [2.05, 4.69) is 5.32 Å². The first-order chi connectivity index (χ1) is 14.8. The van der Waals surface area contributed by atoms with Crippen LogP contribution >= 0.6 is 11.3 Å². The Bertz CT molecular complexity index is 1250. The minimum absolute atomic E-state index is 0.0135. The molecule has 0 spiro atoms. The van der Waals surface area contributed by atoms with Crippen molar-refractivity contribution in [1.82, 2.24) is 8.87 Å². The fraction of sp³-hybridized carbons (Fsp3) is 0.364. The molecule has 0 saturated carbocycles. The van der Waals surface area contributed by atoms with Crippen molar-refractivity contribution in [2.24, 2.45) is 5.92 Å².